The van der Waals surface area contributed by atoms with E-state index >= 15 is 0 Å². The summed E-state index contributed by atoms with van der Waals surface area (Å²) in [6.07, 6.45) is 3.19. The summed E-state index contributed by atoms with van der Waals surface area (Å²) in [6.45, 7) is 6.83. The largest absolute Gasteiger partial charge is 0.334 e. The minimum absolute atomic E-state index is 0.103. The van der Waals surface area contributed by atoms with Crippen molar-refractivity contribution in [2.45, 2.75) is 39.2 Å². The number of piperidine rings is 1. The number of amides is 1. The number of nitrogens with zero attached hydrogens (tertiary/aromatic N) is 1. The molecule has 2 rings (SSSR count). The van der Waals surface area contributed by atoms with Gasteiger partial charge in [0.2, 0.25) is 0 Å². The molecule has 1 aliphatic rings. The molecule has 110 valence electrons. The van der Waals surface area contributed by atoms with Gasteiger partial charge in [-0.3, -0.25) is 4.79 Å². The van der Waals surface area contributed by atoms with Crippen LogP contribution in [0.5, 0.6) is 0 Å². The second kappa shape index (κ2) is 7.09. The van der Waals surface area contributed by atoms with E-state index < -0.39 is 0 Å². The first-order valence-electron chi connectivity index (χ1n) is 7.40. The third kappa shape index (κ3) is 3.74. The highest BCUT2D eigenvalue weighted by molar-refractivity contribution is 6.31. The molecule has 0 bridgehead atoms. The van der Waals surface area contributed by atoms with Crippen molar-refractivity contribution in [2.75, 3.05) is 19.6 Å². The molecule has 1 unspecified atom stereocenters. The van der Waals surface area contributed by atoms with Crippen molar-refractivity contribution in [3.8, 4) is 0 Å². The number of aryl methyl sites for hydroxylation is 1. The summed E-state index contributed by atoms with van der Waals surface area (Å²) in [4.78, 5) is 14.8. The fourth-order valence-corrected chi connectivity index (χ4v) is 3.11. The zero-order valence-corrected chi connectivity index (χ0v) is 13.0. The Balaban J connectivity index is 2.20. The minimum atomic E-state index is 0.103. The molecule has 20 heavy (non-hydrogen) atoms. The molecule has 1 heterocycles. The van der Waals surface area contributed by atoms with Crippen LogP contribution < -0.4 is 5.32 Å². The minimum Gasteiger partial charge on any atom is -0.334 e. The second-order valence-electron chi connectivity index (χ2n) is 5.52. The first-order chi connectivity index (χ1) is 9.61. The first-order valence-corrected chi connectivity index (χ1v) is 7.78. The maximum absolute atomic E-state index is 12.8. The molecule has 0 radical (unpaired) electrons. The summed E-state index contributed by atoms with van der Waals surface area (Å²) < 4.78 is 0. The van der Waals surface area contributed by atoms with Crippen LogP contribution >= 0.6 is 11.6 Å². The van der Waals surface area contributed by atoms with Crippen LogP contribution in [-0.4, -0.2) is 36.5 Å². The van der Waals surface area contributed by atoms with E-state index in [0.717, 1.165) is 44.5 Å². The van der Waals surface area contributed by atoms with Gasteiger partial charge in [-0.15, -0.1) is 0 Å². The molecule has 3 nitrogen and oxygen atoms in total. The molecule has 1 saturated heterocycles. The number of benzene rings is 1. The number of rotatable bonds is 4. The number of halogens is 1. The van der Waals surface area contributed by atoms with E-state index in [1.807, 2.05) is 24.0 Å². The van der Waals surface area contributed by atoms with E-state index in [0.29, 0.717) is 16.6 Å². The van der Waals surface area contributed by atoms with Crippen LogP contribution in [-0.2, 0) is 0 Å². The molecule has 1 aromatic carbocycles. The van der Waals surface area contributed by atoms with E-state index in [1.54, 1.807) is 6.07 Å². The zero-order valence-electron chi connectivity index (χ0n) is 12.3. The Labute approximate surface area is 126 Å². The lowest BCUT2D eigenvalue weighted by Gasteiger charge is -2.34. The monoisotopic (exact) mass is 294 g/mol. The second-order valence-corrected chi connectivity index (χ2v) is 5.95. The maximum Gasteiger partial charge on any atom is 0.254 e. The average molecular weight is 295 g/mol. The van der Waals surface area contributed by atoms with Crippen LogP contribution in [0.3, 0.4) is 0 Å². The molecule has 1 atom stereocenters. The molecule has 0 saturated carbocycles. The number of hydrogen-bond acceptors (Lipinski definition) is 2. The summed E-state index contributed by atoms with van der Waals surface area (Å²) in [5.41, 5.74) is 1.73. The van der Waals surface area contributed by atoms with E-state index in [9.17, 15) is 4.79 Å². The van der Waals surface area contributed by atoms with Crippen molar-refractivity contribution in [1.29, 1.82) is 0 Å². The van der Waals surface area contributed by atoms with Crippen LogP contribution in [0.15, 0.2) is 18.2 Å². The molecule has 1 aromatic rings. The van der Waals surface area contributed by atoms with Gasteiger partial charge in [-0.25, -0.2) is 0 Å². The molecule has 0 aromatic heterocycles. The smallest absolute Gasteiger partial charge is 0.254 e. The highest BCUT2D eigenvalue weighted by Gasteiger charge is 2.25. The zero-order chi connectivity index (χ0) is 14.5. The van der Waals surface area contributed by atoms with E-state index in [1.165, 1.54) is 0 Å². The molecule has 0 aliphatic carbocycles. The maximum atomic E-state index is 12.8. The van der Waals surface area contributed by atoms with Gasteiger partial charge in [0.1, 0.15) is 0 Å². The summed E-state index contributed by atoms with van der Waals surface area (Å²) >= 11 is 6.08. The van der Waals surface area contributed by atoms with Crippen molar-refractivity contribution in [3.05, 3.63) is 34.3 Å². The van der Waals surface area contributed by atoms with Gasteiger partial charge in [-0.1, -0.05) is 18.5 Å². The lowest BCUT2D eigenvalue weighted by atomic mass is 10.0. The highest BCUT2D eigenvalue weighted by atomic mass is 35.5. The van der Waals surface area contributed by atoms with Gasteiger partial charge >= 0.3 is 0 Å². The standard InChI is InChI=1S/C16H23ClN2O/c1-3-7-19(15-5-4-6-18-11-15)16(20)13-8-12(2)9-14(17)10-13/h8-10,15,18H,3-7,11H2,1-2H3. The molecule has 4 heteroatoms. The Morgan fingerprint density at radius 1 is 1.45 bits per heavy atom. The molecule has 1 amide bonds. The SMILES string of the molecule is CCCN(C(=O)c1cc(C)cc(Cl)c1)C1CCCNC1. The molecule has 1 N–H and O–H groups in total. The van der Waals surface area contributed by atoms with Crippen molar-refractivity contribution >= 4 is 17.5 Å². The topological polar surface area (TPSA) is 32.3 Å². The number of hydrogen-bond donors (Lipinski definition) is 1. The van der Waals surface area contributed by atoms with E-state index in [2.05, 4.69) is 12.2 Å². The highest BCUT2D eigenvalue weighted by Crippen LogP contribution is 2.19. The predicted molar refractivity (Wildman–Crippen MR) is 83.4 cm³/mol. The molecule has 0 spiro atoms. The van der Waals surface area contributed by atoms with E-state index in [4.69, 9.17) is 11.6 Å². The fourth-order valence-electron chi connectivity index (χ4n) is 2.82. The van der Waals surface area contributed by atoms with Crippen LogP contribution in [0.1, 0.15) is 42.1 Å². The number of nitrogens with one attached hydrogen (secondary N) is 1. The van der Waals surface area contributed by atoms with Gasteiger partial charge in [-0.05, 0) is 56.5 Å². The van der Waals surface area contributed by atoms with E-state index in [-0.39, 0.29) is 5.91 Å². The van der Waals surface area contributed by atoms with Gasteiger partial charge < -0.3 is 10.2 Å². The summed E-state index contributed by atoms with van der Waals surface area (Å²) in [7, 11) is 0. The van der Waals surface area contributed by atoms with Gasteiger partial charge in [0.05, 0.1) is 0 Å². The Kier molecular flexibility index (Phi) is 5.44. The van der Waals surface area contributed by atoms with Crippen LogP contribution in [0.25, 0.3) is 0 Å². The van der Waals surface area contributed by atoms with Crippen molar-refractivity contribution in [2.24, 2.45) is 0 Å². The van der Waals surface area contributed by atoms with Crippen LogP contribution in [0.4, 0.5) is 0 Å². The molecular formula is C16H23ClN2O. The molecule has 1 aliphatic heterocycles. The van der Waals surface area contributed by atoms with Crippen molar-refractivity contribution in [3.63, 3.8) is 0 Å². The summed E-state index contributed by atoms with van der Waals surface area (Å²) in [6, 6.07) is 5.88. The molecular weight excluding hydrogens is 272 g/mol. The molecule has 1 fully saturated rings. The number of carbonyl (C=O) groups excluding carboxylic acids is 1. The fraction of sp³-hybridized carbons (Fsp3) is 0.562. The lowest BCUT2D eigenvalue weighted by Crippen LogP contribution is -2.49. The van der Waals surface area contributed by atoms with Crippen molar-refractivity contribution in [1.82, 2.24) is 10.2 Å². The quantitative estimate of drug-likeness (QED) is 0.924. The normalized spacial score (nSPS) is 18.9. The Hall–Kier alpha value is -1.06. The summed E-state index contributed by atoms with van der Waals surface area (Å²) in [5.74, 6) is 0.103. The Morgan fingerprint density at radius 2 is 2.25 bits per heavy atom. The average Bonchev–Trinajstić information content (AvgIpc) is 2.44. The van der Waals surface area contributed by atoms with Gasteiger partial charge in [0.15, 0.2) is 0 Å². The van der Waals surface area contributed by atoms with Gasteiger partial charge in [0.25, 0.3) is 5.91 Å². The third-order valence-electron chi connectivity index (χ3n) is 3.73. The summed E-state index contributed by atoms with van der Waals surface area (Å²) in [5, 5.41) is 4.01. The number of carbonyl (C=O) groups is 1. The first kappa shape index (κ1) is 15.3. The Bertz CT molecular complexity index is 449. The Morgan fingerprint density at radius 3 is 2.85 bits per heavy atom. The van der Waals surface area contributed by atoms with Gasteiger partial charge in [-0.2, -0.15) is 0 Å². The lowest BCUT2D eigenvalue weighted by molar-refractivity contribution is 0.0649. The van der Waals surface area contributed by atoms with Crippen LogP contribution in [0.2, 0.25) is 5.02 Å². The van der Waals surface area contributed by atoms with Crippen molar-refractivity contribution < 1.29 is 4.79 Å². The van der Waals surface area contributed by atoms with Crippen LogP contribution in [0, 0.1) is 6.92 Å². The predicted octanol–water partition coefficient (Wildman–Crippen LogP) is 3.25. The van der Waals surface area contributed by atoms with Gasteiger partial charge in [0, 0.05) is 29.7 Å². The third-order valence-corrected chi connectivity index (χ3v) is 3.94.